The molecule has 0 atom stereocenters. The predicted molar refractivity (Wildman–Crippen MR) is 75.6 cm³/mol. The summed E-state index contributed by atoms with van der Waals surface area (Å²) in [4.78, 5) is 24.8. The molecular formula is C14H19NO3S. The molecule has 0 radical (unpaired) electrons. The zero-order valence-electron chi connectivity index (χ0n) is 11.3. The van der Waals surface area contributed by atoms with E-state index >= 15 is 0 Å². The second kappa shape index (κ2) is 6.19. The van der Waals surface area contributed by atoms with Crippen molar-refractivity contribution in [2.24, 2.45) is 5.92 Å². The molecule has 4 nitrogen and oxygen atoms in total. The molecule has 0 bridgehead atoms. The van der Waals surface area contributed by atoms with Crippen LogP contribution in [0.4, 0.5) is 5.00 Å². The lowest BCUT2D eigenvalue weighted by atomic mass is 9.85. The van der Waals surface area contributed by atoms with E-state index in [0.29, 0.717) is 10.6 Å². The summed E-state index contributed by atoms with van der Waals surface area (Å²) in [5, 5.41) is 3.52. The Bertz CT molecular complexity index is 477. The van der Waals surface area contributed by atoms with Crippen LogP contribution in [-0.2, 0) is 16.0 Å². The Morgan fingerprint density at radius 1 is 1.47 bits per heavy atom. The molecule has 1 amide bonds. The third-order valence-electron chi connectivity index (χ3n) is 3.40. The number of anilines is 1. The van der Waals surface area contributed by atoms with Gasteiger partial charge in [-0.15, -0.1) is 11.3 Å². The molecule has 1 aliphatic rings. The first-order valence-corrected chi connectivity index (χ1v) is 7.49. The van der Waals surface area contributed by atoms with Crippen molar-refractivity contribution in [3.8, 4) is 0 Å². The van der Waals surface area contributed by atoms with E-state index < -0.39 is 0 Å². The van der Waals surface area contributed by atoms with Crippen LogP contribution in [0.1, 0.15) is 47.8 Å². The molecule has 19 heavy (non-hydrogen) atoms. The van der Waals surface area contributed by atoms with Crippen molar-refractivity contribution >= 4 is 28.2 Å². The fraction of sp³-hybridized carbons (Fsp3) is 0.571. The quantitative estimate of drug-likeness (QED) is 0.843. The molecule has 1 fully saturated rings. The minimum absolute atomic E-state index is 0.0290. The molecule has 1 N–H and O–H groups in total. The number of methoxy groups -OCH3 is 1. The Labute approximate surface area is 117 Å². The van der Waals surface area contributed by atoms with Crippen LogP contribution in [0, 0.1) is 5.92 Å². The molecule has 1 aromatic heterocycles. The maximum atomic E-state index is 12.0. The largest absolute Gasteiger partial charge is 0.465 e. The first-order valence-electron chi connectivity index (χ1n) is 6.67. The molecular weight excluding hydrogens is 262 g/mol. The lowest BCUT2D eigenvalue weighted by molar-refractivity contribution is -0.122. The Hall–Kier alpha value is -1.36. The maximum Gasteiger partial charge on any atom is 0.340 e. The SMILES string of the molecule is CCCc1cc(C(=O)OC)c(NC(=O)C2CCC2)s1. The fourth-order valence-electron chi connectivity index (χ4n) is 2.05. The van der Waals surface area contributed by atoms with Crippen molar-refractivity contribution in [2.75, 3.05) is 12.4 Å². The van der Waals surface area contributed by atoms with Gasteiger partial charge in [0, 0.05) is 10.8 Å². The maximum absolute atomic E-state index is 12.0. The molecule has 1 heterocycles. The van der Waals surface area contributed by atoms with Gasteiger partial charge in [-0.3, -0.25) is 4.79 Å². The van der Waals surface area contributed by atoms with Gasteiger partial charge in [0.05, 0.1) is 12.7 Å². The Morgan fingerprint density at radius 2 is 2.21 bits per heavy atom. The first kappa shape index (κ1) is 14.1. The molecule has 1 saturated carbocycles. The zero-order chi connectivity index (χ0) is 13.8. The van der Waals surface area contributed by atoms with Gasteiger partial charge in [0.1, 0.15) is 5.00 Å². The normalized spacial score (nSPS) is 14.8. The van der Waals surface area contributed by atoms with Gasteiger partial charge < -0.3 is 10.1 Å². The van der Waals surface area contributed by atoms with Gasteiger partial charge in [0.15, 0.2) is 0 Å². The van der Waals surface area contributed by atoms with Crippen LogP contribution in [0.2, 0.25) is 0 Å². The van der Waals surface area contributed by atoms with Gasteiger partial charge in [-0.1, -0.05) is 19.8 Å². The number of thiophene rings is 1. The second-order valence-corrected chi connectivity index (χ2v) is 5.95. The number of ether oxygens (including phenoxy) is 1. The van der Waals surface area contributed by atoms with Crippen molar-refractivity contribution in [1.82, 2.24) is 0 Å². The van der Waals surface area contributed by atoms with Gasteiger partial charge in [0.2, 0.25) is 5.91 Å². The third-order valence-corrected chi connectivity index (χ3v) is 4.51. The standard InChI is InChI=1S/C14H19NO3S/c1-3-5-10-8-11(14(17)18-2)13(19-10)15-12(16)9-6-4-7-9/h8-9H,3-7H2,1-2H3,(H,15,16). The summed E-state index contributed by atoms with van der Waals surface area (Å²) in [6.45, 7) is 2.09. The number of aryl methyl sites for hydroxylation is 1. The van der Waals surface area contributed by atoms with Gasteiger partial charge in [-0.25, -0.2) is 4.79 Å². The van der Waals surface area contributed by atoms with Gasteiger partial charge in [0.25, 0.3) is 0 Å². The van der Waals surface area contributed by atoms with Crippen LogP contribution in [0.15, 0.2) is 6.07 Å². The van der Waals surface area contributed by atoms with Crippen LogP contribution in [0.5, 0.6) is 0 Å². The van der Waals surface area contributed by atoms with Crippen molar-refractivity contribution in [3.05, 3.63) is 16.5 Å². The van der Waals surface area contributed by atoms with E-state index in [4.69, 9.17) is 4.74 Å². The van der Waals surface area contributed by atoms with Crippen molar-refractivity contribution < 1.29 is 14.3 Å². The fourth-order valence-corrected chi connectivity index (χ4v) is 3.20. The lowest BCUT2D eigenvalue weighted by Crippen LogP contribution is -2.28. The van der Waals surface area contributed by atoms with Gasteiger partial charge in [-0.2, -0.15) is 0 Å². The summed E-state index contributed by atoms with van der Waals surface area (Å²) < 4.78 is 4.77. The highest BCUT2D eigenvalue weighted by molar-refractivity contribution is 7.16. The highest BCUT2D eigenvalue weighted by Gasteiger charge is 2.27. The number of rotatable bonds is 5. The van der Waals surface area contributed by atoms with E-state index in [1.165, 1.54) is 18.4 Å². The van der Waals surface area contributed by atoms with E-state index in [2.05, 4.69) is 12.2 Å². The molecule has 1 aromatic rings. The average Bonchev–Trinajstić information content (AvgIpc) is 2.69. The van der Waals surface area contributed by atoms with Crippen molar-refractivity contribution in [3.63, 3.8) is 0 Å². The monoisotopic (exact) mass is 281 g/mol. The Morgan fingerprint density at radius 3 is 2.74 bits per heavy atom. The first-order chi connectivity index (χ1) is 9.15. The predicted octanol–water partition coefficient (Wildman–Crippen LogP) is 3.23. The number of hydrogen-bond acceptors (Lipinski definition) is 4. The highest BCUT2D eigenvalue weighted by atomic mass is 32.1. The molecule has 2 rings (SSSR count). The molecule has 0 saturated heterocycles. The molecule has 104 valence electrons. The summed E-state index contributed by atoms with van der Waals surface area (Å²) in [6.07, 6.45) is 4.94. The number of esters is 1. The average molecular weight is 281 g/mol. The van der Waals surface area contributed by atoms with Crippen molar-refractivity contribution in [1.29, 1.82) is 0 Å². The Kier molecular flexibility index (Phi) is 4.58. The minimum atomic E-state index is -0.387. The number of amides is 1. The second-order valence-electron chi connectivity index (χ2n) is 4.81. The van der Waals surface area contributed by atoms with Crippen LogP contribution in [0.3, 0.4) is 0 Å². The van der Waals surface area contributed by atoms with E-state index in [1.807, 2.05) is 6.07 Å². The van der Waals surface area contributed by atoms with Gasteiger partial charge >= 0.3 is 5.97 Å². The zero-order valence-corrected chi connectivity index (χ0v) is 12.1. The van der Waals surface area contributed by atoms with Crippen molar-refractivity contribution in [2.45, 2.75) is 39.0 Å². The lowest BCUT2D eigenvalue weighted by Gasteiger charge is -2.23. The summed E-state index contributed by atoms with van der Waals surface area (Å²) in [6, 6.07) is 1.83. The van der Waals surface area contributed by atoms with Crippen LogP contribution < -0.4 is 5.32 Å². The van der Waals surface area contributed by atoms with Gasteiger partial charge in [-0.05, 0) is 25.3 Å². The van der Waals surface area contributed by atoms with E-state index in [-0.39, 0.29) is 17.8 Å². The summed E-state index contributed by atoms with van der Waals surface area (Å²) in [5.41, 5.74) is 0.476. The molecule has 5 heteroatoms. The number of hydrogen-bond donors (Lipinski definition) is 1. The number of carbonyl (C=O) groups excluding carboxylic acids is 2. The van der Waals surface area contributed by atoms with Crippen LogP contribution in [0.25, 0.3) is 0 Å². The summed E-state index contributed by atoms with van der Waals surface area (Å²) in [5.74, 6) is -0.244. The molecule has 1 aliphatic carbocycles. The summed E-state index contributed by atoms with van der Waals surface area (Å²) >= 11 is 1.48. The highest BCUT2D eigenvalue weighted by Crippen LogP contribution is 2.33. The van der Waals surface area contributed by atoms with E-state index in [1.54, 1.807) is 0 Å². The third kappa shape index (κ3) is 3.15. The number of nitrogens with one attached hydrogen (secondary N) is 1. The smallest absolute Gasteiger partial charge is 0.340 e. The Balaban J connectivity index is 2.16. The summed E-state index contributed by atoms with van der Waals surface area (Å²) in [7, 11) is 1.36. The molecule has 0 spiro atoms. The van der Waals surface area contributed by atoms with Crippen LogP contribution in [-0.4, -0.2) is 19.0 Å². The van der Waals surface area contributed by atoms with E-state index in [0.717, 1.165) is 37.0 Å². The molecule has 0 aliphatic heterocycles. The molecule has 0 unspecified atom stereocenters. The minimum Gasteiger partial charge on any atom is -0.465 e. The topological polar surface area (TPSA) is 55.4 Å². The van der Waals surface area contributed by atoms with Crippen LogP contribution >= 0.6 is 11.3 Å². The molecule has 0 aromatic carbocycles. The van der Waals surface area contributed by atoms with E-state index in [9.17, 15) is 9.59 Å². The number of carbonyl (C=O) groups is 2.